The van der Waals surface area contributed by atoms with E-state index in [1.54, 1.807) is 0 Å². The Bertz CT molecular complexity index is 1820. The van der Waals surface area contributed by atoms with E-state index >= 15 is 0 Å². The fourth-order valence-corrected chi connectivity index (χ4v) is 12.5. The number of esters is 4. The van der Waals surface area contributed by atoms with Crippen LogP contribution in [0.2, 0.25) is 0 Å². The van der Waals surface area contributed by atoms with E-state index in [4.69, 9.17) is 37.0 Å². The summed E-state index contributed by atoms with van der Waals surface area (Å²) >= 11 is 0. The highest BCUT2D eigenvalue weighted by molar-refractivity contribution is 7.47. The molecular weight excluding hydrogens is 1210 g/mol. The van der Waals surface area contributed by atoms with Gasteiger partial charge < -0.3 is 33.8 Å². The molecule has 0 saturated carbocycles. The number of ether oxygens (including phenoxy) is 4. The molecule has 0 radical (unpaired) electrons. The van der Waals surface area contributed by atoms with Crippen molar-refractivity contribution in [3.05, 3.63) is 0 Å². The van der Waals surface area contributed by atoms with Gasteiger partial charge in [0.2, 0.25) is 0 Å². The van der Waals surface area contributed by atoms with E-state index < -0.39 is 97.5 Å². The summed E-state index contributed by atoms with van der Waals surface area (Å²) in [5.41, 5.74) is 0. The zero-order chi connectivity index (χ0) is 68.2. The highest BCUT2D eigenvalue weighted by Crippen LogP contribution is 2.45. The summed E-state index contributed by atoms with van der Waals surface area (Å²) in [6.45, 7) is 14.1. The molecule has 7 atom stereocenters. The van der Waals surface area contributed by atoms with E-state index in [-0.39, 0.29) is 25.7 Å². The Hall–Kier alpha value is -1.94. The molecule has 0 bridgehead atoms. The number of hydrogen-bond acceptors (Lipinski definition) is 15. The molecule has 17 nitrogen and oxygen atoms in total. The van der Waals surface area contributed by atoms with E-state index in [2.05, 4.69) is 55.4 Å². The van der Waals surface area contributed by atoms with Gasteiger partial charge in [0.05, 0.1) is 26.4 Å². The second-order valence-corrected chi connectivity index (χ2v) is 30.7. The Morgan fingerprint density at radius 1 is 0.304 bits per heavy atom. The monoisotopic (exact) mass is 1350 g/mol. The normalized spacial score (nSPS) is 14.8. The van der Waals surface area contributed by atoms with Crippen LogP contribution < -0.4 is 0 Å². The number of phosphoric acid groups is 2. The minimum absolute atomic E-state index is 0.103. The van der Waals surface area contributed by atoms with E-state index in [1.807, 2.05) is 0 Å². The lowest BCUT2D eigenvalue weighted by molar-refractivity contribution is -0.161. The van der Waals surface area contributed by atoms with Crippen molar-refractivity contribution in [1.82, 2.24) is 0 Å². The minimum atomic E-state index is -4.95. The number of hydrogen-bond donors (Lipinski definition) is 3. The summed E-state index contributed by atoms with van der Waals surface area (Å²) in [4.78, 5) is 72.6. The number of unbranched alkanes of at least 4 members (excludes halogenated alkanes) is 34. The number of aliphatic hydroxyl groups is 1. The molecule has 0 aromatic heterocycles. The topological polar surface area (TPSA) is 237 Å². The quantitative estimate of drug-likeness (QED) is 0.0222. The lowest BCUT2D eigenvalue weighted by Gasteiger charge is -2.21. The lowest BCUT2D eigenvalue weighted by atomic mass is 9.99. The summed E-state index contributed by atoms with van der Waals surface area (Å²) in [6.07, 6.45) is 45.9. The predicted molar refractivity (Wildman–Crippen MR) is 372 cm³/mol. The number of carbonyl (C=O) groups excluding carboxylic acids is 4. The van der Waals surface area contributed by atoms with Crippen molar-refractivity contribution in [2.24, 2.45) is 23.7 Å². The van der Waals surface area contributed by atoms with Gasteiger partial charge in [-0.3, -0.25) is 37.3 Å². The highest BCUT2D eigenvalue weighted by Gasteiger charge is 2.30. The zero-order valence-corrected chi connectivity index (χ0v) is 62.0. The molecule has 3 N–H and O–H groups in total. The summed E-state index contributed by atoms with van der Waals surface area (Å²) < 4.78 is 68.4. The van der Waals surface area contributed by atoms with Gasteiger partial charge in [-0.1, -0.05) is 312 Å². The van der Waals surface area contributed by atoms with Crippen LogP contribution in [0.4, 0.5) is 0 Å². The number of aliphatic hydroxyl groups excluding tert-OH is 1. The van der Waals surface area contributed by atoms with Gasteiger partial charge in [0, 0.05) is 25.7 Å². The van der Waals surface area contributed by atoms with E-state index in [0.717, 1.165) is 114 Å². The maximum atomic E-state index is 13.0. The molecule has 0 rings (SSSR count). The van der Waals surface area contributed by atoms with Gasteiger partial charge in [-0.05, 0) is 49.4 Å². The van der Waals surface area contributed by atoms with Gasteiger partial charge in [0.1, 0.15) is 19.3 Å². The summed E-state index contributed by atoms with van der Waals surface area (Å²) in [7, 11) is -9.91. The van der Waals surface area contributed by atoms with Crippen LogP contribution in [-0.4, -0.2) is 96.7 Å². The highest BCUT2D eigenvalue weighted by atomic mass is 31.2. The van der Waals surface area contributed by atoms with Crippen molar-refractivity contribution in [3.8, 4) is 0 Å². The Morgan fingerprint density at radius 3 is 0.772 bits per heavy atom. The number of phosphoric ester groups is 2. The maximum absolute atomic E-state index is 13.0. The Morgan fingerprint density at radius 2 is 0.522 bits per heavy atom. The lowest BCUT2D eigenvalue weighted by Crippen LogP contribution is -2.30. The van der Waals surface area contributed by atoms with Crippen molar-refractivity contribution in [2.75, 3.05) is 39.6 Å². The molecule has 19 heteroatoms. The van der Waals surface area contributed by atoms with Crippen LogP contribution in [0.15, 0.2) is 0 Å². The Balaban J connectivity index is 5.21. The van der Waals surface area contributed by atoms with Gasteiger partial charge >= 0.3 is 39.5 Å². The average Bonchev–Trinajstić information content (AvgIpc) is 2.98. The molecule has 0 aliphatic carbocycles. The van der Waals surface area contributed by atoms with Crippen LogP contribution in [0.1, 0.15) is 364 Å². The summed E-state index contributed by atoms with van der Waals surface area (Å²) in [6, 6.07) is 0. The van der Waals surface area contributed by atoms with Crippen molar-refractivity contribution < 1.29 is 80.2 Å². The smallest absolute Gasteiger partial charge is 0.462 e. The molecule has 92 heavy (non-hydrogen) atoms. The van der Waals surface area contributed by atoms with Gasteiger partial charge in [0.25, 0.3) is 0 Å². The minimum Gasteiger partial charge on any atom is -0.462 e. The van der Waals surface area contributed by atoms with Crippen molar-refractivity contribution in [3.63, 3.8) is 0 Å². The molecule has 0 aliphatic heterocycles. The molecule has 4 unspecified atom stereocenters. The van der Waals surface area contributed by atoms with E-state index in [9.17, 15) is 43.2 Å². The molecule has 0 amide bonds. The standard InChI is InChI=1S/C73H142O17P2/c1-9-65(7)51-43-35-27-21-17-13-11-12-14-18-23-29-39-47-55-72(77)89-69(60-84-71(76)54-46-38-32-31-36-44-52-66(8)10-2)62-88-92(81,82)86-58-67(74)57-85-91(79,80)87-61-68(90-73(78)56-48-40-30-24-26-34-42-50-64(5)6)59-83-70(75)53-45-37-28-22-19-15-16-20-25-33-41-49-63(3)4/h63-69,74H,9-62H2,1-8H3,(H,79,80)(H,81,82)/t65?,66?,67-,68-,69-/m1/s1. The third kappa shape index (κ3) is 64.1. The molecule has 0 aromatic carbocycles. The van der Waals surface area contributed by atoms with Crippen LogP contribution in [0.25, 0.3) is 0 Å². The average molecular weight is 1350 g/mol. The SMILES string of the molecule is CCC(C)CCCCCCCCCCCCCCCCC(=O)O[C@H](COC(=O)CCCCCCCCC(C)CC)COP(=O)(O)OC[C@H](O)COP(=O)(O)OC[C@@H](COC(=O)CCCCCCCCCCCCCC(C)C)OC(=O)CCCCCCCCCC(C)C. The van der Waals surface area contributed by atoms with Gasteiger partial charge in [0.15, 0.2) is 12.2 Å². The molecule has 0 saturated heterocycles. The van der Waals surface area contributed by atoms with Crippen molar-refractivity contribution in [2.45, 2.75) is 382 Å². The van der Waals surface area contributed by atoms with Crippen LogP contribution >= 0.6 is 15.6 Å². The van der Waals surface area contributed by atoms with E-state index in [1.165, 1.54) is 161 Å². The first kappa shape index (κ1) is 90.1. The third-order valence-electron chi connectivity index (χ3n) is 17.5. The number of carbonyl (C=O) groups is 4. The maximum Gasteiger partial charge on any atom is 0.472 e. The van der Waals surface area contributed by atoms with Gasteiger partial charge in [-0.2, -0.15) is 0 Å². The van der Waals surface area contributed by atoms with Gasteiger partial charge in [-0.15, -0.1) is 0 Å². The van der Waals surface area contributed by atoms with Crippen LogP contribution in [0, 0.1) is 23.7 Å². The fraction of sp³-hybridized carbons (Fsp3) is 0.945. The van der Waals surface area contributed by atoms with Crippen molar-refractivity contribution in [1.29, 1.82) is 0 Å². The molecule has 0 spiro atoms. The van der Waals surface area contributed by atoms with Crippen LogP contribution in [-0.2, 0) is 65.4 Å². The van der Waals surface area contributed by atoms with Gasteiger partial charge in [-0.25, -0.2) is 9.13 Å². The molecule has 546 valence electrons. The van der Waals surface area contributed by atoms with Crippen LogP contribution in [0.5, 0.6) is 0 Å². The predicted octanol–water partition coefficient (Wildman–Crippen LogP) is 20.9. The molecule has 0 aliphatic rings. The Kier molecular flexibility index (Phi) is 61.3. The Labute approximate surface area is 562 Å². The molecule has 0 fully saturated rings. The second kappa shape index (κ2) is 62.6. The van der Waals surface area contributed by atoms with Crippen LogP contribution in [0.3, 0.4) is 0 Å². The molecular formula is C73H142O17P2. The van der Waals surface area contributed by atoms with E-state index in [0.29, 0.717) is 31.6 Å². The first-order chi connectivity index (χ1) is 44.2. The second-order valence-electron chi connectivity index (χ2n) is 27.8. The third-order valence-corrected chi connectivity index (χ3v) is 19.4. The first-order valence-electron chi connectivity index (χ1n) is 37.8. The largest absolute Gasteiger partial charge is 0.472 e. The fourth-order valence-electron chi connectivity index (χ4n) is 11.0. The summed E-state index contributed by atoms with van der Waals surface area (Å²) in [5.74, 6) is 0.915. The summed E-state index contributed by atoms with van der Waals surface area (Å²) in [5, 5.41) is 10.6. The number of rotatable bonds is 70. The zero-order valence-electron chi connectivity index (χ0n) is 60.2. The molecule has 0 heterocycles. The first-order valence-corrected chi connectivity index (χ1v) is 40.8. The molecule has 0 aromatic rings. The van der Waals surface area contributed by atoms with Crippen molar-refractivity contribution >= 4 is 39.5 Å².